The summed E-state index contributed by atoms with van der Waals surface area (Å²) >= 11 is 0. The zero-order valence-corrected chi connectivity index (χ0v) is 11.0. The number of carbonyl (C=O) groups is 1. The van der Waals surface area contributed by atoms with Crippen molar-refractivity contribution < 1.29 is 4.79 Å². The van der Waals surface area contributed by atoms with Gasteiger partial charge in [0, 0.05) is 13.1 Å². The van der Waals surface area contributed by atoms with E-state index in [0.717, 1.165) is 31.5 Å². The van der Waals surface area contributed by atoms with Crippen molar-refractivity contribution in [1.82, 2.24) is 10.2 Å². The van der Waals surface area contributed by atoms with E-state index in [4.69, 9.17) is 5.26 Å². The quantitative estimate of drug-likeness (QED) is 0.832. The summed E-state index contributed by atoms with van der Waals surface area (Å²) in [6.45, 7) is 2.39. The van der Waals surface area contributed by atoms with Crippen molar-refractivity contribution in [3.63, 3.8) is 0 Å². The molecule has 0 bridgehead atoms. The first-order chi connectivity index (χ1) is 9.31. The van der Waals surface area contributed by atoms with Crippen molar-refractivity contribution in [1.29, 1.82) is 5.26 Å². The zero-order chi connectivity index (χ0) is 13.5. The van der Waals surface area contributed by atoms with Crippen molar-refractivity contribution in [2.24, 2.45) is 5.92 Å². The Kier molecular flexibility index (Phi) is 4.93. The van der Waals surface area contributed by atoms with E-state index in [9.17, 15) is 4.79 Å². The summed E-state index contributed by atoms with van der Waals surface area (Å²) in [5.41, 5.74) is 1.06. The van der Waals surface area contributed by atoms with E-state index in [-0.39, 0.29) is 18.4 Å². The Hall–Kier alpha value is -1.86. The highest BCUT2D eigenvalue weighted by Crippen LogP contribution is 2.15. The van der Waals surface area contributed by atoms with Crippen molar-refractivity contribution in [2.75, 3.05) is 19.6 Å². The standard InChI is InChI=1S/C15H19N3O/c16-8-10-18(12-13-5-2-1-3-6-13)15(19)14-7-4-9-17-11-14/h1-3,5-6,14,17H,4,7,9-12H2. The molecule has 4 nitrogen and oxygen atoms in total. The SMILES string of the molecule is N#CCN(Cc1ccccc1)C(=O)C1CCCNC1. The molecule has 1 aliphatic rings. The molecule has 1 unspecified atom stereocenters. The Labute approximate surface area is 114 Å². The fraction of sp³-hybridized carbons (Fsp3) is 0.467. The fourth-order valence-electron chi connectivity index (χ4n) is 2.42. The van der Waals surface area contributed by atoms with Gasteiger partial charge in [-0.15, -0.1) is 0 Å². The molecule has 1 atom stereocenters. The minimum atomic E-state index is 0.0193. The minimum absolute atomic E-state index is 0.0193. The van der Waals surface area contributed by atoms with Crippen molar-refractivity contribution in [3.8, 4) is 6.07 Å². The molecule has 1 aromatic rings. The molecule has 19 heavy (non-hydrogen) atoms. The Balaban J connectivity index is 2.02. The molecule has 0 aliphatic carbocycles. The molecule has 0 saturated carbocycles. The van der Waals surface area contributed by atoms with Gasteiger partial charge in [-0.25, -0.2) is 0 Å². The second-order valence-corrected chi connectivity index (χ2v) is 4.88. The number of hydrogen-bond donors (Lipinski definition) is 1. The number of hydrogen-bond acceptors (Lipinski definition) is 3. The first-order valence-corrected chi connectivity index (χ1v) is 6.71. The summed E-state index contributed by atoms with van der Waals surface area (Å²) in [6.07, 6.45) is 1.95. The monoisotopic (exact) mass is 257 g/mol. The van der Waals surface area contributed by atoms with Gasteiger partial charge in [-0.05, 0) is 24.9 Å². The van der Waals surface area contributed by atoms with Crippen LogP contribution in [0.25, 0.3) is 0 Å². The molecule has 0 radical (unpaired) electrons. The molecule has 0 aromatic heterocycles. The maximum Gasteiger partial charge on any atom is 0.228 e. The number of nitrogens with zero attached hydrogens (tertiary/aromatic N) is 2. The predicted octanol–water partition coefficient (Wildman–Crippen LogP) is 1.54. The summed E-state index contributed by atoms with van der Waals surface area (Å²) in [7, 11) is 0. The molecular formula is C15H19N3O. The molecule has 1 aliphatic heterocycles. The van der Waals surface area contributed by atoms with Crippen LogP contribution in [0.5, 0.6) is 0 Å². The van der Waals surface area contributed by atoms with Gasteiger partial charge in [0.2, 0.25) is 5.91 Å². The molecule has 1 aromatic carbocycles. The molecular weight excluding hydrogens is 238 g/mol. The second kappa shape index (κ2) is 6.91. The predicted molar refractivity (Wildman–Crippen MR) is 73.1 cm³/mol. The number of piperidine rings is 1. The molecule has 1 heterocycles. The van der Waals surface area contributed by atoms with E-state index in [2.05, 4.69) is 11.4 Å². The van der Waals surface area contributed by atoms with Crippen LogP contribution in [0.15, 0.2) is 30.3 Å². The number of benzene rings is 1. The first kappa shape index (κ1) is 13.6. The van der Waals surface area contributed by atoms with Crippen LogP contribution in [-0.2, 0) is 11.3 Å². The molecule has 4 heteroatoms. The third-order valence-corrected chi connectivity index (χ3v) is 3.44. The lowest BCUT2D eigenvalue weighted by Crippen LogP contribution is -2.42. The Morgan fingerprint density at radius 3 is 2.84 bits per heavy atom. The molecule has 100 valence electrons. The molecule has 1 fully saturated rings. The van der Waals surface area contributed by atoms with Gasteiger partial charge in [0.05, 0.1) is 12.0 Å². The van der Waals surface area contributed by atoms with Gasteiger partial charge in [0.1, 0.15) is 6.54 Å². The number of rotatable bonds is 4. The lowest BCUT2D eigenvalue weighted by molar-refractivity contribution is -0.136. The van der Waals surface area contributed by atoms with Crippen molar-refractivity contribution in [3.05, 3.63) is 35.9 Å². The Morgan fingerprint density at radius 1 is 1.42 bits per heavy atom. The second-order valence-electron chi connectivity index (χ2n) is 4.88. The molecule has 1 saturated heterocycles. The van der Waals surface area contributed by atoms with Crippen LogP contribution in [0, 0.1) is 17.2 Å². The lowest BCUT2D eigenvalue weighted by Gasteiger charge is -2.28. The van der Waals surface area contributed by atoms with Gasteiger partial charge < -0.3 is 10.2 Å². The van der Waals surface area contributed by atoms with Gasteiger partial charge in [-0.1, -0.05) is 30.3 Å². The van der Waals surface area contributed by atoms with Crippen LogP contribution in [0.3, 0.4) is 0 Å². The number of amides is 1. The third-order valence-electron chi connectivity index (χ3n) is 3.44. The van der Waals surface area contributed by atoms with Gasteiger partial charge in [-0.2, -0.15) is 5.26 Å². The lowest BCUT2D eigenvalue weighted by atomic mass is 9.98. The highest BCUT2D eigenvalue weighted by molar-refractivity contribution is 5.79. The highest BCUT2D eigenvalue weighted by atomic mass is 16.2. The van der Waals surface area contributed by atoms with Gasteiger partial charge in [0.25, 0.3) is 0 Å². The first-order valence-electron chi connectivity index (χ1n) is 6.71. The average molecular weight is 257 g/mol. The number of nitrogens with one attached hydrogen (secondary N) is 1. The summed E-state index contributed by atoms with van der Waals surface area (Å²) in [5, 5.41) is 12.1. The van der Waals surface area contributed by atoms with Crippen molar-refractivity contribution in [2.45, 2.75) is 19.4 Å². The van der Waals surface area contributed by atoms with Crippen LogP contribution in [0.1, 0.15) is 18.4 Å². The van der Waals surface area contributed by atoms with E-state index in [0.29, 0.717) is 6.54 Å². The largest absolute Gasteiger partial charge is 0.325 e. The minimum Gasteiger partial charge on any atom is -0.325 e. The maximum absolute atomic E-state index is 12.4. The smallest absolute Gasteiger partial charge is 0.228 e. The van der Waals surface area contributed by atoms with Crippen molar-refractivity contribution >= 4 is 5.91 Å². The van der Waals surface area contributed by atoms with E-state index in [1.807, 2.05) is 30.3 Å². The zero-order valence-electron chi connectivity index (χ0n) is 11.0. The summed E-state index contributed by atoms with van der Waals surface area (Å²) < 4.78 is 0. The van der Waals surface area contributed by atoms with Gasteiger partial charge in [0.15, 0.2) is 0 Å². The number of nitriles is 1. The third kappa shape index (κ3) is 3.80. The maximum atomic E-state index is 12.4. The van der Waals surface area contributed by atoms with Crippen LogP contribution < -0.4 is 5.32 Å². The highest BCUT2D eigenvalue weighted by Gasteiger charge is 2.25. The van der Waals surface area contributed by atoms with Gasteiger partial charge in [-0.3, -0.25) is 4.79 Å². The van der Waals surface area contributed by atoms with Gasteiger partial charge >= 0.3 is 0 Å². The fourth-order valence-corrected chi connectivity index (χ4v) is 2.42. The normalized spacial score (nSPS) is 18.6. The average Bonchev–Trinajstić information content (AvgIpc) is 2.48. The Bertz CT molecular complexity index is 446. The van der Waals surface area contributed by atoms with E-state index in [1.54, 1.807) is 4.90 Å². The Morgan fingerprint density at radius 2 is 2.21 bits per heavy atom. The topological polar surface area (TPSA) is 56.1 Å². The van der Waals surface area contributed by atoms with Crippen LogP contribution in [0.2, 0.25) is 0 Å². The van der Waals surface area contributed by atoms with E-state index >= 15 is 0 Å². The van der Waals surface area contributed by atoms with Crippen LogP contribution in [0.4, 0.5) is 0 Å². The molecule has 1 amide bonds. The summed E-state index contributed by atoms with van der Waals surface area (Å²) in [4.78, 5) is 14.1. The van der Waals surface area contributed by atoms with Crippen LogP contribution in [-0.4, -0.2) is 30.4 Å². The molecule has 2 rings (SSSR count). The van der Waals surface area contributed by atoms with E-state index in [1.165, 1.54) is 0 Å². The van der Waals surface area contributed by atoms with Crippen LogP contribution >= 0.6 is 0 Å². The molecule has 0 spiro atoms. The summed E-state index contributed by atoms with van der Waals surface area (Å²) in [6, 6.07) is 11.9. The van der Waals surface area contributed by atoms with E-state index < -0.39 is 0 Å². The molecule has 1 N–H and O–H groups in total. The summed E-state index contributed by atoms with van der Waals surface area (Å²) in [5.74, 6) is 0.114. The number of carbonyl (C=O) groups excluding carboxylic acids is 1.